The molecule has 0 aromatic carbocycles. The van der Waals surface area contributed by atoms with E-state index in [2.05, 4.69) is 5.32 Å². The highest BCUT2D eigenvalue weighted by molar-refractivity contribution is 5.88. The zero-order valence-electron chi connectivity index (χ0n) is 7.59. The van der Waals surface area contributed by atoms with Crippen molar-refractivity contribution in [1.29, 1.82) is 0 Å². The number of carbonyl (C=O) groups is 1. The van der Waals surface area contributed by atoms with Crippen LogP contribution in [0.25, 0.3) is 0 Å². The second-order valence-electron chi connectivity index (χ2n) is 3.41. The van der Waals surface area contributed by atoms with Gasteiger partial charge in [-0.05, 0) is 19.8 Å². The molecule has 1 rings (SSSR count). The highest BCUT2D eigenvalue weighted by Crippen LogP contribution is 2.31. The molecule has 70 valence electrons. The Morgan fingerprint density at radius 3 is 2.75 bits per heavy atom. The maximum atomic E-state index is 11.3. The summed E-state index contributed by atoms with van der Waals surface area (Å²) in [5.41, 5.74) is 5.10. The maximum absolute atomic E-state index is 11.3. The van der Waals surface area contributed by atoms with E-state index in [9.17, 15) is 4.79 Å². The Balaban J connectivity index is 2.19. The standard InChI is InChI=1S/C8H16N2O2/c1-6(12-2)5-10-7(11)8(9)3-4-8/h6H,3-5,9H2,1-2H3,(H,10,11). The first-order valence-corrected chi connectivity index (χ1v) is 4.18. The van der Waals surface area contributed by atoms with Crippen LogP contribution in [-0.4, -0.2) is 31.2 Å². The van der Waals surface area contributed by atoms with E-state index in [1.807, 2.05) is 6.92 Å². The Hall–Kier alpha value is -0.610. The normalized spacial score (nSPS) is 21.6. The van der Waals surface area contributed by atoms with Gasteiger partial charge in [-0.15, -0.1) is 0 Å². The van der Waals surface area contributed by atoms with Gasteiger partial charge in [0.05, 0.1) is 11.6 Å². The summed E-state index contributed by atoms with van der Waals surface area (Å²) in [4.78, 5) is 11.3. The van der Waals surface area contributed by atoms with Crippen molar-refractivity contribution in [2.24, 2.45) is 5.73 Å². The van der Waals surface area contributed by atoms with Crippen molar-refractivity contribution < 1.29 is 9.53 Å². The molecule has 1 unspecified atom stereocenters. The Morgan fingerprint density at radius 1 is 1.75 bits per heavy atom. The molecule has 0 radical (unpaired) electrons. The molecule has 0 heterocycles. The number of nitrogens with two attached hydrogens (primary N) is 1. The van der Waals surface area contributed by atoms with E-state index in [1.165, 1.54) is 0 Å². The van der Waals surface area contributed by atoms with E-state index >= 15 is 0 Å². The van der Waals surface area contributed by atoms with Gasteiger partial charge in [-0.25, -0.2) is 0 Å². The van der Waals surface area contributed by atoms with Gasteiger partial charge in [0.1, 0.15) is 0 Å². The van der Waals surface area contributed by atoms with Crippen LogP contribution in [0.15, 0.2) is 0 Å². The summed E-state index contributed by atoms with van der Waals surface area (Å²) in [6.07, 6.45) is 1.66. The highest BCUT2D eigenvalue weighted by atomic mass is 16.5. The molecule has 0 bridgehead atoms. The minimum absolute atomic E-state index is 0.0496. The van der Waals surface area contributed by atoms with Gasteiger partial charge in [0, 0.05) is 13.7 Å². The lowest BCUT2D eigenvalue weighted by atomic mass is 10.2. The summed E-state index contributed by atoms with van der Waals surface area (Å²) in [5.74, 6) is -0.0496. The molecule has 4 heteroatoms. The third-order valence-corrected chi connectivity index (χ3v) is 2.19. The van der Waals surface area contributed by atoms with E-state index in [4.69, 9.17) is 10.5 Å². The molecule has 1 saturated carbocycles. The minimum Gasteiger partial charge on any atom is -0.380 e. The van der Waals surface area contributed by atoms with Crippen molar-refractivity contribution in [3.63, 3.8) is 0 Å². The van der Waals surface area contributed by atoms with Gasteiger partial charge in [-0.3, -0.25) is 4.79 Å². The van der Waals surface area contributed by atoms with Crippen LogP contribution in [0.5, 0.6) is 0 Å². The number of amides is 1. The van der Waals surface area contributed by atoms with Crippen LogP contribution in [0.2, 0.25) is 0 Å². The highest BCUT2D eigenvalue weighted by Gasteiger charge is 2.45. The van der Waals surface area contributed by atoms with Crippen molar-refractivity contribution in [3.05, 3.63) is 0 Å². The molecule has 1 amide bonds. The zero-order valence-corrected chi connectivity index (χ0v) is 7.59. The van der Waals surface area contributed by atoms with Crippen LogP contribution in [0.3, 0.4) is 0 Å². The Labute approximate surface area is 72.5 Å². The monoisotopic (exact) mass is 172 g/mol. The van der Waals surface area contributed by atoms with Crippen LogP contribution in [-0.2, 0) is 9.53 Å². The first kappa shape index (κ1) is 9.48. The lowest BCUT2D eigenvalue weighted by Gasteiger charge is -2.13. The molecule has 1 fully saturated rings. The summed E-state index contributed by atoms with van der Waals surface area (Å²) in [7, 11) is 1.62. The van der Waals surface area contributed by atoms with Gasteiger partial charge in [0.25, 0.3) is 0 Å². The van der Waals surface area contributed by atoms with E-state index < -0.39 is 5.54 Å². The molecule has 1 atom stereocenters. The molecule has 0 aromatic rings. The quantitative estimate of drug-likeness (QED) is 0.608. The average Bonchev–Trinajstić information content (AvgIpc) is 2.80. The summed E-state index contributed by atoms with van der Waals surface area (Å²) in [6.45, 7) is 2.44. The van der Waals surface area contributed by atoms with Gasteiger partial charge in [-0.2, -0.15) is 0 Å². The number of hydrogen-bond donors (Lipinski definition) is 2. The third-order valence-electron chi connectivity index (χ3n) is 2.19. The van der Waals surface area contributed by atoms with Crippen molar-refractivity contribution in [1.82, 2.24) is 5.32 Å². The smallest absolute Gasteiger partial charge is 0.240 e. The van der Waals surface area contributed by atoms with E-state index in [0.29, 0.717) is 6.54 Å². The second-order valence-corrected chi connectivity index (χ2v) is 3.41. The molecular formula is C8H16N2O2. The molecule has 0 aliphatic heterocycles. The van der Waals surface area contributed by atoms with Crippen LogP contribution < -0.4 is 11.1 Å². The van der Waals surface area contributed by atoms with Gasteiger partial charge < -0.3 is 15.8 Å². The van der Waals surface area contributed by atoms with Gasteiger partial charge in [0.2, 0.25) is 5.91 Å². The molecule has 0 aromatic heterocycles. The molecule has 12 heavy (non-hydrogen) atoms. The lowest BCUT2D eigenvalue weighted by molar-refractivity contribution is -0.123. The molecule has 1 aliphatic carbocycles. The van der Waals surface area contributed by atoms with Gasteiger partial charge in [0.15, 0.2) is 0 Å². The van der Waals surface area contributed by atoms with Crippen molar-refractivity contribution in [3.8, 4) is 0 Å². The number of nitrogens with one attached hydrogen (secondary N) is 1. The van der Waals surface area contributed by atoms with E-state index in [-0.39, 0.29) is 12.0 Å². The molecular weight excluding hydrogens is 156 g/mol. The van der Waals surface area contributed by atoms with Gasteiger partial charge >= 0.3 is 0 Å². The Kier molecular flexibility index (Phi) is 2.69. The number of hydrogen-bond acceptors (Lipinski definition) is 3. The molecule has 1 aliphatic rings. The largest absolute Gasteiger partial charge is 0.380 e. The fourth-order valence-electron chi connectivity index (χ4n) is 0.858. The third kappa shape index (κ3) is 2.19. The summed E-state index contributed by atoms with van der Waals surface area (Å²) in [6, 6.07) is 0. The molecule has 4 nitrogen and oxygen atoms in total. The average molecular weight is 172 g/mol. The molecule has 0 saturated heterocycles. The fraction of sp³-hybridized carbons (Fsp3) is 0.875. The number of carbonyl (C=O) groups excluding carboxylic acids is 1. The van der Waals surface area contributed by atoms with Crippen LogP contribution in [0.1, 0.15) is 19.8 Å². The van der Waals surface area contributed by atoms with Crippen molar-refractivity contribution >= 4 is 5.91 Å². The zero-order chi connectivity index (χ0) is 9.19. The van der Waals surface area contributed by atoms with Gasteiger partial charge in [-0.1, -0.05) is 0 Å². The topological polar surface area (TPSA) is 64.3 Å². The fourth-order valence-corrected chi connectivity index (χ4v) is 0.858. The first-order chi connectivity index (χ1) is 5.58. The number of methoxy groups -OCH3 is 1. The predicted molar refractivity (Wildman–Crippen MR) is 45.6 cm³/mol. The minimum atomic E-state index is -0.562. The molecule has 0 spiro atoms. The van der Waals surface area contributed by atoms with E-state index in [1.54, 1.807) is 7.11 Å². The second kappa shape index (κ2) is 3.41. The summed E-state index contributed by atoms with van der Waals surface area (Å²) < 4.78 is 4.98. The number of rotatable bonds is 4. The van der Waals surface area contributed by atoms with Crippen LogP contribution >= 0.6 is 0 Å². The molecule has 3 N–H and O–H groups in total. The summed E-state index contributed by atoms with van der Waals surface area (Å²) in [5, 5.41) is 2.75. The van der Waals surface area contributed by atoms with Crippen molar-refractivity contribution in [2.45, 2.75) is 31.4 Å². The van der Waals surface area contributed by atoms with Crippen molar-refractivity contribution in [2.75, 3.05) is 13.7 Å². The SMILES string of the molecule is COC(C)CNC(=O)C1(N)CC1. The Morgan fingerprint density at radius 2 is 2.33 bits per heavy atom. The van der Waals surface area contributed by atoms with Crippen LogP contribution in [0, 0.1) is 0 Å². The Bertz CT molecular complexity index is 178. The van der Waals surface area contributed by atoms with Crippen LogP contribution in [0.4, 0.5) is 0 Å². The maximum Gasteiger partial charge on any atom is 0.240 e. The van der Waals surface area contributed by atoms with E-state index in [0.717, 1.165) is 12.8 Å². The number of ether oxygens (including phenoxy) is 1. The summed E-state index contributed by atoms with van der Waals surface area (Å²) >= 11 is 0. The lowest BCUT2D eigenvalue weighted by Crippen LogP contribution is -2.45. The predicted octanol–water partition coefficient (Wildman–Crippen LogP) is -0.371. The first-order valence-electron chi connectivity index (χ1n) is 4.18.